The lowest BCUT2D eigenvalue weighted by atomic mass is 9.44. The van der Waals surface area contributed by atoms with Gasteiger partial charge in [-0.1, -0.05) is 31.2 Å². The van der Waals surface area contributed by atoms with E-state index in [9.17, 15) is 9.59 Å². The molecule has 6 aliphatic rings. The molecule has 5 aliphatic carbocycles. The molecule has 1 saturated heterocycles. The zero-order valence-electron chi connectivity index (χ0n) is 14.1. The van der Waals surface area contributed by atoms with Crippen molar-refractivity contribution in [3.8, 4) is 0 Å². The van der Waals surface area contributed by atoms with Crippen LogP contribution in [0.4, 0.5) is 0 Å². The number of carbonyl (C=O) groups excluding carboxylic acids is 2. The predicted octanol–water partition coefficient (Wildman–Crippen LogP) is 2.96. The first kappa shape index (κ1) is 14.5. The Hall–Kier alpha value is -1.86. The van der Waals surface area contributed by atoms with E-state index in [-0.39, 0.29) is 41.5 Å². The van der Waals surface area contributed by atoms with E-state index in [1.165, 1.54) is 0 Å². The third-order valence-electron chi connectivity index (χ3n) is 7.31. The van der Waals surface area contributed by atoms with Gasteiger partial charge in [0.2, 0.25) is 11.8 Å². The Kier molecular flexibility index (Phi) is 2.91. The van der Waals surface area contributed by atoms with Gasteiger partial charge in [0.15, 0.2) is 0 Å². The molecule has 3 nitrogen and oxygen atoms in total. The quantitative estimate of drug-likeness (QED) is 0.579. The number of nitrogens with zero attached hydrogens (tertiary/aromatic N) is 1. The second-order valence-electron chi connectivity index (χ2n) is 8.09. The molecule has 9 unspecified atom stereocenters. The summed E-state index contributed by atoms with van der Waals surface area (Å²) in [4.78, 5) is 28.0. The summed E-state index contributed by atoms with van der Waals surface area (Å²) < 4.78 is 0. The molecular weight excluding hydrogens is 298 g/mol. The van der Waals surface area contributed by atoms with Gasteiger partial charge >= 0.3 is 0 Å². The third-order valence-corrected chi connectivity index (χ3v) is 7.31. The molecule has 0 spiro atoms. The minimum atomic E-state index is -0.125. The Balaban J connectivity index is 1.64. The van der Waals surface area contributed by atoms with Crippen LogP contribution in [0.5, 0.6) is 0 Å². The predicted molar refractivity (Wildman–Crippen MR) is 90.5 cm³/mol. The molecule has 4 fully saturated rings. The highest BCUT2D eigenvalue weighted by Gasteiger charge is 2.68. The minimum absolute atomic E-state index is 0.00837. The van der Waals surface area contributed by atoms with Crippen molar-refractivity contribution in [2.45, 2.75) is 26.3 Å². The lowest BCUT2D eigenvalue weighted by Gasteiger charge is -2.57. The van der Waals surface area contributed by atoms with Crippen molar-refractivity contribution in [3.05, 3.63) is 42.2 Å². The largest absolute Gasteiger partial charge is 0.279 e. The summed E-state index contributed by atoms with van der Waals surface area (Å²) in [5, 5.41) is 0. The zero-order valence-corrected chi connectivity index (χ0v) is 14.1. The molecule has 3 heteroatoms. The molecule has 1 aliphatic heterocycles. The molecule has 6 rings (SSSR count). The smallest absolute Gasteiger partial charge is 0.233 e. The number of rotatable bonds is 2. The fraction of sp³-hybridized carbons (Fsp3) is 0.571. The Labute approximate surface area is 142 Å². The van der Waals surface area contributed by atoms with Gasteiger partial charge in [-0.15, -0.1) is 5.73 Å². The van der Waals surface area contributed by atoms with Gasteiger partial charge in [-0.05, 0) is 61.0 Å². The Morgan fingerprint density at radius 1 is 0.958 bits per heavy atom. The topological polar surface area (TPSA) is 37.4 Å². The second-order valence-corrected chi connectivity index (χ2v) is 8.09. The Bertz CT molecular complexity index is 687. The number of imide groups is 1. The van der Waals surface area contributed by atoms with Crippen molar-refractivity contribution in [3.63, 3.8) is 0 Å². The number of hydrogen-bond donors (Lipinski definition) is 0. The standard InChI is InChI=1S/C21H23NO2/c1-3-11(2)22-20(23)18-16-12-7-4-5-8-13(12)17(19(18)21(22)24)15-10-6-9-14(15)16/h4-5,7-19H,3H2,1-2H3. The van der Waals surface area contributed by atoms with Crippen molar-refractivity contribution in [1.29, 1.82) is 0 Å². The van der Waals surface area contributed by atoms with E-state index in [1.54, 1.807) is 4.90 Å². The highest BCUT2D eigenvalue weighted by molar-refractivity contribution is 6.06. The molecule has 24 heavy (non-hydrogen) atoms. The van der Waals surface area contributed by atoms with Crippen LogP contribution in [0.3, 0.4) is 0 Å². The summed E-state index contributed by atoms with van der Waals surface area (Å²) in [7, 11) is 0. The molecule has 0 N–H and O–H groups in total. The van der Waals surface area contributed by atoms with Gasteiger partial charge in [0, 0.05) is 6.04 Å². The molecule has 2 amide bonds. The highest BCUT2D eigenvalue weighted by atomic mass is 16.2. The fourth-order valence-corrected chi connectivity index (χ4v) is 6.28. The first-order valence-corrected chi connectivity index (χ1v) is 9.29. The Morgan fingerprint density at radius 3 is 1.92 bits per heavy atom. The van der Waals surface area contributed by atoms with Crippen LogP contribution in [0.2, 0.25) is 0 Å². The SMILES string of the molecule is CCC(C)N1C(=O)C2C(C1=O)C1C3C=C=CC3C2C2C=CC=CC21. The molecular formula is C21H23NO2. The molecule has 9 atom stereocenters. The Morgan fingerprint density at radius 2 is 1.46 bits per heavy atom. The van der Waals surface area contributed by atoms with Crippen LogP contribution < -0.4 is 0 Å². The van der Waals surface area contributed by atoms with Crippen molar-refractivity contribution < 1.29 is 9.59 Å². The van der Waals surface area contributed by atoms with E-state index in [0.717, 1.165) is 6.42 Å². The van der Waals surface area contributed by atoms with E-state index in [4.69, 9.17) is 0 Å². The van der Waals surface area contributed by atoms with Crippen LogP contribution in [0.25, 0.3) is 0 Å². The number of likely N-dealkylation sites (tertiary alicyclic amines) is 1. The van der Waals surface area contributed by atoms with Gasteiger partial charge < -0.3 is 0 Å². The molecule has 0 radical (unpaired) electrons. The average Bonchev–Trinajstić information content (AvgIpc) is 3.19. The van der Waals surface area contributed by atoms with E-state index < -0.39 is 0 Å². The van der Waals surface area contributed by atoms with Crippen molar-refractivity contribution in [2.24, 2.45) is 47.3 Å². The minimum Gasteiger partial charge on any atom is -0.279 e. The molecule has 0 aromatic rings. The van der Waals surface area contributed by atoms with Crippen LogP contribution in [-0.4, -0.2) is 22.8 Å². The lowest BCUT2D eigenvalue weighted by molar-refractivity contribution is -0.143. The van der Waals surface area contributed by atoms with Crippen molar-refractivity contribution >= 4 is 11.8 Å². The molecule has 3 saturated carbocycles. The monoisotopic (exact) mass is 321 g/mol. The number of hydrogen-bond acceptors (Lipinski definition) is 2. The molecule has 1 heterocycles. The maximum atomic E-state index is 13.2. The number of amides is 2. The van der Waals surface area contributed by atoms with Crippen LogP contribution in [0.15, 0.2) is 42.2 Å². The summed E-state index contributed by atoms with van der Waals surface area (Å²) in [6.45, 7) is 4.05. The van der Waals surface area contributed by atoms with Gasteiger partial charge in [0.25, 0.3) is 0 Å². The molecule has 0 aromatic heterocycles. The maximum absolute atomic E-state index is 13.2. The van der Waals surface area contributed by atoms with E-state index in [2.05, 4.69) is 42.2 Å². The van der Waals surface area contributed by atoms with Crippen molar-refractivity contribution in [1.82, 2.24) is 4.90 Å². The summed E-state index contributed by atoms with van der Waals surface area (Å²) in [6.07, 6.45) is 14.0. The summed E-state index contributed by atoms with van der Waals surface area (Å²) >= 11 is 0. The summed E-state index contributed by atoms with van der Waals surface area (Å²) in [5.41, 5.74) is 3.30. The van der Waals surface area contributed by atoms with Crippen LogP contribution in [0.1, 0.15) is 20.3 Å². The van der Waals surface area contributed by atoms with Crippen LogP contribution in [-0.2, 0) is 9.59 Å². The number of carbonyl (C=O) groups is 2. The van der Waals surface area contributed by atoms with Gasteiger partial charge in [-0.2, -0.15) is 0 Å². The van der Waals surface area contributed by atoms with Gasteiger partial charge in [0.05, 0.1) is 11.8 Å². The first-order chi connectivity index (χ1) is 11.6. The maximum Gasteiger partial charge on any atom is 0.233 e. The first-order valence-electron chi connectivity index (χ1n) is 9.29. The van der Waals surface area contributed by atoms with Crippen LogP contribution in [0, 0.1) is 47.3 Å². The second kappa shape index (κ2) is 4.83. The fourth-order valence-electron chi connectivity index (χ4n) is 6.28. The zero-order chi connectivity index (χ0) is 16.6. The molecule has 0 aromatic carbocycles. The van der Waals surface area contributed by atoms with Gasteiger partial charge in [-0.3, -0.25) is 14.5 Å². The molecule has 2 bridgehead atoms. The third kappa shape index (κ3) is 1.54. The number of allylic oxidation sites excluding steroid dienone is 5. The van der Waals surface area contributed by atoms with Crippen molar-refractivity contribution in [2.75, 3.05) is 0 Å². The normalized spacial score (nSPS) is 48.0. The average molecular weight is 321 g/mol. The molecule has 124 valence electrons. The van der Waals surface area contributed by atoms with E-state index in [1.807, 2.05) is 13.8 Å². The van der Waals surface area contributed by atoms with Gasteiger partial charge in [0.1, 0.15) is 0 Å². The van der Waals surface area contributed by atoms with E-state index >= 15 is 0 Å². The van der Waals surface area contributed by atoms with Crippen LogP contribution >= 0.6 is 0 Å². The summed E-state index contributed by atoms with van der Waals surface area (Å²) in [6, 6.07) is 0.00837. The lowest BCUT2D eigenvalue weighted by Crippen LogP contribution is -2.58. The van der Waals surface area contributed by atoms with E-state index in [0.29, 0.717) is 23.7 Å². The van der Waals surface area contributed by atoms with Gasteiger partial charge in [-0.25, -0.2) is 0 Å². The highest BCUT2D eigenvalue weighted by Crippen LogP contribution is 2.64. The summed E-state index contributed by atoms with van der Waals surface area (Å²) in [5.74, 6) is 1.95.